The lowest BCUT2D eigenvalue weighted by atomic mass is 9.95. The van der Waals surface area contributed by atoms with Crippen molar-refractivity contribution in [2.75, 3.05) is 13.1 Å². The highest BCUT2D eigenvalue weighted by Crippen LogP contribution is 2.13. The van der Waals surface area contributed by atoms with Crippen molar-refractivity contribution in [3.63, 3.8) is 0 Å². The Morgan fingerprint density at radius 1 is 1.24 bits per heavy atom. The summed E-state index contributed by atoms with van der Waals surface area (Å²) in [6.07, 6.45) is -2.39. The molecule has 0 aromatic heterocycles. The summed E-state index contributed by atoms with van der Waals surface area (Å²) in [6.45, 7) is 4.70. The van der Waals surface area contributed by atoms with Gasteiger partial charge in [-0.05, 0) is 12.8 Å². The Balaban J connectivity index is 3.84. The second kappa shape index (κ2) is 7.53. The minimum absolute atomic E-state index is 0.0756. The highest BCUT2D eigenvalue weighted by atomic mass is 19.4. The fourth-order valence-corrected chi connectivity index (χ4v) is 1.68. The molecule has 3 nitrogen and oxygen atoms in total. The van der Waals surface area contributed by atoms with Crippen LogP contribution in [0.1, 0.15) is 33.6 Å². The summed E-state index contributed by atoms with van der Waals surface area (Å²) in [7, 11) is 0. The van der Waals surface area contributed by atoms with Gasteiger partial charge in [0.1, 0.15) is 6.54 Å². The Kier molecular flexibility index (Phi) is 7.18. The van der Waals surface area contributed by atoms with Crippen LogP contribution < -0.4 is 10.6 Å². The van der Waals surface area contributed by atoms with Crippen LogP contribution >= 0.6 is 0 Å². The van der Waals surface area contributed by atoms with Crippen molar-refractivity contribution < 1.29 is 18.0 Å². The third-order valence-electron chi connectivity index (χ3n) is 2.83. The standard InChI is InChI=1S/C11H21F3N2O/c1-4-9(5-2)8(3)15-6-10(17)16-7-11(12,13)14/h8-9,15H,4-7H2,1-3H3,(H,16,17). The predicted octanol–water partition coefficient (Wildman–Crippen LogP) is 2.08. The van der Waals surface area contributed by atoms with Gasteiger partial charge in [0.2, 0.25) is 5.91 Å². The zero-order valence-corrected chi connectivity index (χ0v) is 10.5. The van der Waals surface area contributed by atoms with E-state index in [9.17, 15) is 18.0 Å². The Morgan fingerprint density at radius 3 is 2.18 bits per heavy atom. The van der Waals surface area contributed by atoms with Gasteiger partial charge in [0.15, 0.2) is 0 Å². The number of nitrogens with one attached hydrogen (secondary N) is 2. The maximum Gasteiger partial charge on any atom is 0.405 e. The zero-order chi connectivity index (χ0) is 13.5. The average Bonchev–Trinajstić information content (AvgIpc) is 2.24. The molecule has 0 aromatic rings. The number of carbonyl (C=O) groups excluding carboxylic acids is 1. The number of halogens is 3. The molecule has 1 amide bonds. The maximum absolute atomic E-state index is 11.8. The number of hydrogen-bond donors (Lipinski definition) is 2. The molecule has 0 spiro atoms. The molecular formula is C11H21F3N2O. The first-order chi connectivity index (χ1) is 7.80. The lowest BCUT2D eigenvalue weighted by Gasteiger charge is -2.22. The largest absolute Gasteiger partial charge is 0.405 e. The van der Waals surface area contributed by atoms with Crippen LogP contribution in [0.5, 0.6) is 0 Å². The van der Waals surface area contributed by atoms with E-state index in [2.05, 4.69) is 19.2 Å². The van der Waals surface area contributed by atoms with Gasteiger partial charge in [0.05, 0.1) is 6.54 Å². The van der Waals surface area contributed by atoms with Crippen molar-refractivity contribution in [3.05, 3.63) is 0 Å². The second-order valence-corrected chi connectivity index (χ2v) is 4.14. The second-order valence-electron chi connectivity index (χ2n) is 4.14. The SMILES string of the molecule is CCC(CC)C(C)NCC(=O)NCC(F)(F)F. The summed E-state index contributed by atoms with van der Waals surface area (Å²) in [5.74, 6) is -0.189. The first kappa shape index (κ1) is 16.2. The molecule has 102 valence electrons. The highest BCUT2D eigenvalue weighted by molar-refractivity contribution is 5.78. The molecule has 0 rings (SSSR count). The number of rotatable bonds is 7. The first-order valence-corrected chi connectivity index (χ1v) is 5.87. The minimum atomic E-state index is -4.35. The molecule has 0 radical (unpaired) electrons. The van der Waals surface area contributed by atoms with E-state index in [-0.39, 0.29) is 12.6 Å². The molecule has 2 N–H and O–H groups in total. The van der Waals surface area contributed by atoms with Gasteiger partial charge in [0.25, 0.3) is 0 Å². The van der Waals surface area contributed by atoms with E-state index in [1.807, 2.05) is 12.2 Å². The van der Waals surface area contributed by atoms with E-state index in [4.69, 9.17) is 0 Å². The summed E-state index contributed by atoms with van der Waals surface area (Å²) in [6, 6.07) is 0.127. The highest BCUT2D eigenvalue weighted by Gasteiger charge is 2.27. The van der Waals surface area contributed by atoms with Crippen LogP contribution in [0.2, 0.25) is 0 Å². The van der Waals surface area contributed by atoms with E-state index in [0.29, 0.717) is 5.92 Å². The molecule has 17 heavy (non-hydrogen) atoms. The topological polar surface area (TPSA) is 41.1 Å². The first-order valence-electron chi connectivity index (χ1n) is 5.87. The van der Waals surface area contributed by atoms with E-state index in [1.54, 1.807) is 0 Å². The van der Waals surface area contributed by atoms with Gasteiger partial charge in [-0.1, -0.05) is 26.7 Å². The smallest absolute Gasteiger partial charge is 0.346 e. The number of amides is 1. The van der Waals surface area contributed by atoms with Crippen molar-refractivity contribution in [1.82, 2.24) is 10.6 Å². The monoisotopic (exact) mass is 254 g/mol. The zero-order valence-electron chi connectivity index (χ0n) is 10.5. The third-order valence-corrected chi connectivity index (χ3v) is 2.83. The van der Waals surface area contributed by atoms with Gasteiger partial charge in [-0.2, -0.15) is 13.2 Å². The van der Waals surface area contributed by atoms with Gasteiger partial charge in [0, 0.05) is 6.04 Å². The van der Waals surface area contributed by atoms with Crippen LogP contribution in [0.3, 0.4) is 0 Å². The van der Waals surface area contributed by atoms with Crippen LogP contribution in [0, 0.1) is 5.92 Å². The van der Waals surface area contributed by atoms with Gasteiger partial charge >= 0.3 is 6.18 Å². The lowest BCUT2D eigenvalue weighted by Crippen LogP contribution is -2.43. The van der Waals surface area contributed by atoms with Crippen molar-refractivity contribution >= 4 is 5.91 Å². The van der Waals surface area contributed by atoms with E-state index < -0.39 is 18.6 Å². The molecule has 0 aromatic carbocycles. The molecule has 1 unspecified atom stereocenters. The van der Waals surface area contributed by atoms with Crippen molar-refractivity contribution in [2.45, 2.75) is 45.8 Å². The molecule has 0 saturated heterocycles. The molecular weight excluding hydrogens is 233 g/mol. The summed E-state index contributed by atoms with van der Waals surface area (Å²) in [5, 5.41) is 4.77. The normalized spacial score (nSPS) is 13.8. The molecule has 1 atom stereocenters. The average molecular weight is 254 g/mol. The van der Waals surface area contributed by atoms with Gasteiger partial charge < -0.3 is 10.6 Å². The summed E-state index contributed by atoms with van der Waals surface area (Å²) >= 11 is 0. The summed E-state index contributed by atoms with van der Waals surface area (Å²) in [5.41, 5.74) is 0. The number of carbonyl (C=O) groups is 1. The number of alkyl halides is 3. The minimum Gasteiger partial charge on any atom is -0.346 e. The molecule has 0 fully saturated rings. The molecule has 6 heteroatoms. The maximum atomic E-state index is 11.8. The lowest BCUT2D eigenvalue weighted by molar-refractivity contribution is -0.138. The third kappa shape index (κ3) is 8.01. The molecule has 0 aliphatic heterocycles. The van der Waals surface area contributed by atoms with Crippen LogP contribution in [0.4, 0.5) is 13.2 Å². The Hall–Kier alpha value is -0.780. The molecule has 0 bridgehead atoms. The van der Waals surface area contributed by atoms with E-state index >= 15 is 0 Å². The summed E-state index contributed by atoms with van der Waals surface area (Å²) < 4.78 is 35.5. The fraction of sp³-hybridized carbons (Fsp3) is 0.909. The van der Waals surface area contributed by atoms with Gasteiger partial charge in [-0.3, -0.25) is 4.79 Å². The van der Waals surface area contributed by atoms with Crippen LogP contribution in [0.15, 0.2) is 0 Å². The predicted molar refractivity (Wildman–Crippen MR) is 60.6 cm³/mol. The Bertz CT molecular complexity index is 227. The Morgan fingerprint density at radius 2 is 1.76 bits per heavy atom. The van der Waals surface area contributed by atoms with Gasteiger partial charge in [-0.25, -0.2) is 0 Å². The van der Waals surface area contributed by atoms with E-state index in [0.717, 1.165) is 12.8 Å². The van der Waals surface area contributed by atoms with Gasteiger partial charge in [-0.15, -0.1) is 0 Å². The number of hydrogen-bond acceptors (Lipinski definition) is 2. The molecule has 0 saturated carbocycles. The molecule has 0 heterocycles. The van der Waals surface area contributed by atoms with Crippen LogP contribution in [0.25, 0.3) is 0 Å². The fourth-order valence-electron chi connectivity index (χ4n) is 1.68. The van der Waals surface area contributed by atoms with Crippen LogP contribution in [-0.2, 0) is 4.79 Å². The van der Waals surface area contributed by atoms with Crippen LogP contribution in [-0.4, -0.2) is 31.2 Å². The van der Waals surface area contributed by atoms with Crippen molar-refractivity contribution in [2.24, 2.45) is 5.92 Å². The molecule has 0 aliphatic carbocycles. The Labute approximate surface area is 100 Å². The summed E-state index contributed by atoms with van der Waals surface area (Å²) in [4.78, 5) is 11.1. The van der Waals surface area contributed by atoms with E-state index in [1.165, 1.54) is 0 Å². The van der Waals surface area contributed by atoms with Crippen molar-refractivity contribution in [1.29, 1.82) is 0 Å². The molecule has 0 aliphatic rings. The quantitative estimate of drug-likeness (QED) is 0.730. The van der Waals surface area contributed by atoms with Crippen molar-refractivity contribution in [3.8, 4) is 0 Å².